The SMILES string of the molecule is COc1ccc(C(=O)Cl)cc1-c1ccc(O)c2c1C[C@H]1C[C@H]3[C@H](N(C)C)C(=O)C(C(N)=O)C(=O)[C@@]3(O)C(=O)C1C2=O. The average Bonchev–Trinajstić information content (AvgIpc) is 2.90. The van der Waals surface area contributed by atoms with Gasteiger partial charge >= 0.3 is 0 Å². The molecule has 12 heteroatoms. The molecule has 2 unspecified atom stereocenters. The summed E-state index contributed by atoms with van der Waals surface area (Å²) in [7, 11) is 4.46. The van der Waals surface area contributed by atoms with Crippen LogP contribution in [0.15, 0.2) is 30.3 Å². The summed E-state index contributed by atoms with van der Waals surface area (Å²) in [4.78, 5) is 79.9. The number of Topliss-reactive ketones (excluding diaryl/α,β-unsaturated/α-hetero) is 4. The van der Waals surface area contributed by atoms with Gasteiger partial charge in [0.1, 0.15) is 11.5 Å². The number of aromatic hydroxyl groups is 1. The van der Waals surface area contributed by atoms with E-state index in [2.05, 4.69) is 0 Å². The second-order valence-electron chi connectivity index (χ2n) is 11.0. The Bertz CT molecular complexity index is 1570. The lowest BCUT2D eigenvalue weighted by atomic mass is 9.52. The van der Waals surface area contributed by atoms with Gasteiger partial charge in [0, 0.05) is 17.0 Å². The number of carbonyl (C=O) groups is 6. The molecule has 0 aliphatic heterocycles. The van der Waals surface area contributed by atoms with Gasteiger partial charge in [-0.05, 0) is 79.8 Å². The number of nitrogens with zero attached hydrogens (tertiary/aromatic N) is 1. The van der Waals surface area contributed by atoms with Crippen LogP contribution in [0.5, 0.6) is 11.5 Å². The fourth-order valence-electron chi connectivity index (χ4n) is 6.90. The maximum absolute atomic E-state index is 13.9. The van der Waals surface area contributed by atoms with Gasteiger partial charge in [0.2, 0.25) is 5.91 Å². The summed E-state index contributed by atoms with van der Waals surface area (Å²) in [5, 5.41) is 21.7. The van der Waals surface area contributed by atoms with Gasteiger partial charge in [-0.25, -0.2) is 0 Å². The molecule has 1 amide bonds. The van der Waals surface area contributed by atoms with Crippen molar-refractivity contribution in [3.8, 4) is 22.6 Å². The lowest BCUT2D eigenvalue weighted by molar-refractivity contribution is -0.181. The fraction of sp³-hybridized carbons (Fsp3) is 0.379. The monoisotopic (exact) mass is 582 g/mol. The summed E-state index contributed by atoms with van der Waals surface area (Å²) >= 11 is 5.70. The molecule has 2 fully saturated rings. The van der Waals surface area contributed by atoms with Crippen molar-refractivity contribution >= 4 is 45.9 Å². The first-order valence-electron chi connectivity index (χ1n) is 12.8. The van der Waals surface area contributed by atoms with Crippen molar-refractivity contribution in [2.75, 3.05) is 21.2 Å². The molecule has 2 aromatic carbocycles. The third kappa shape index (κ3) is 4.02. The Morgan fingerprint density at radius 2 is 1.76 bits per heavy atom. The molecule has 0 spiro atoms. The van der Waals surface area contributed by atoms with E-state index >= 15 is 0 Å². The smallest absolute Gasteiger partial charge is 0.252 e. The Hall–Kier alpha value is -3.93. The molecular weight excluding hydrogens is 556 g/mol. The predicted octanol–water partition coefficient (Wildman–Crippen LogP) is 0.922. The number of nitrogens with two attached hydrogens (primary N) is 1. The number of benzene rings is 2. The molecule has 2 aromatic rings. The number of hydrogen-bond donors (Lipinski definition) is 3. The summed E-state index contributed by atoms with van der Waals surface area (Å²) in [6.07, 6.45) is -0.0336. The van der Waals surface area contributed by atoms with Gasteiger partial charge < -0.3 is 20.7 Å². The van der Waals surface area contributed by atoms with Crippen molar-refractivity contribution in [2.24, 2.45) is 29.4 Å². The number of halogens is 1. The van der Waals surface area contributed by atoms with Crippen molar-refractivity contribution in [2.45, 2.75) is 24.5 Å². The van der Waals surface area contributed by atoms with Crippen LogP contribution in [-0.4, -0.2) is 82.2 Å². The van der Waals surface area contributed by atoms with Crippen molar-refractivity contribution in [1.82, 2.24) is 4.90 Å². The largest absolute Gasteiger partial charge is 0.507 e. The highest BCUT2D eigenvalue weighted by atomic mass is 35.5. The summed E-state index contributed by atoms with van der Waals surface area (Å²) in [6, 6.07) is 6.12. The van der Waals surface area contributed by atoms with Crippen LogP contribution in [0, 0.1) is 23.7 Å². The van der Waals surface area contributed by atoms with Crippen molar-refractivity contribution in [3.05, 3.63) is 47.0 Å². The molecule has 11 nitrogen and oxygen atoms in total. The van der Waals surface area contributed by atoms with Gasteiger partial charge in [0.15, 0.2) is 34.7 Å². The highest BCUT2D eigenvalue weighted by Crippen LogP contribution is 2.52. The molecule has 2 saturated carbocycles. The third-order valence-electron chi connectivity index (χ3n) is 8.66. The van der Waals surface area contributed by atoms with Crippen LogP contribution in [0.3, 0.4) is 0 Å². The maximum atomic E-state index is 13.9. The number of phenols is 1. The normalized spacial score (nSPS) is 29.1. The number of amides is 1. The minimum atomic E-state index is -2.80. The first-order valence-corrected chi connectivity index (χ1v) is 13.2. The second-order valence-corrected chi connectivity index (χ2v) is 11.3. The highest BCUT2D eigenvalue weighted by molar-refractivity contribution is 6.67. The molecule has 3 aliphatic rings. The van der Waals surface area contributed by atoms with Crippen LogP contribution in [0.4, 0.5) is 0 Å². The number of likely N-dealkylation sites (N-methyl/N-ethyl adjacent to an activating group) is 1. The van der Waals surface area contributed by atoms with Crippen LogP contribution in [0.25, 0.3) is 11.1 Å². The minimum Gasteiger partial charge on any atom is -0.507 e. The Morgan fingerprint density at radius 1 is 1.07 bits per heavy atom. The summed E-state index contributed by atoms with van der Waals surface area (Å²) < 4.78 is 5.48. The number of rotatable bonds is 5. The summed E-state index contributed by atoms with van der Waals surface area (Å²) in [5.74, 6) is -11.0. The van der Waals surface area contributed by atoms with E-state index in [1.165, 1.54) is 50.4 Å². The number of fused-ring (bicyclic) bond motifs is 3. The van der Waals surface area contributed by atoms with Gasteiger partial charge in [0.25, 0.3) is 5.24 Å². The first kappa shape index (κ1) is 28.6. The molecule has 41 heavy (non-hydrogen) atoms. The standard InChI is InChI=1S/C29H27ClN2O9/c1-32(2)22-16-10-12-9-15-13(14-8-11(27(30)38)4-7-18(14)41-3)5-6-17(33)20(15)23(34)19(12)25(36)29(16,40)26(37)21(24(22)35)28(31)39/h4-8,12,16,19,21-22,33,40H,9-10H2,1-3H3,(H2,31,39)/t12-,16-,19?,21?,22-,29-/m0/s1. The van der Waals surface area contributed by atoms with E-state index < -0.39 is 75.3 Å². The number of ketones is 4. The van der Waals surface area contributed by atoms with Crippen molar-refractivity contribution in [3.63, 3.8) is 0 Å². The molecule has 4 N–H and O–H groups in total. The Balaban J connectivity index is 1.68. The van der Waals surface area contributed by atoms with Gasteiger partial charge in [-0.3, -0.25) is 33.7 Å². The summed E-state index contributed by atoms with van der Waals surface area (Å²) in [5.41, 5.74) is 3.77. The molecule has 214 valence electrons. The van der Waals surface area contributed by atoms with Gasteiger partial charge in [-0.15, -0.1) is 0 Å². The summed E-state index contributed by atoms with van der Waals surface area (Å²) in [6.45, 7) is 0. The number of ether oxygens (including phenoxy) is 1. The predicted molar refractivity (Wildman–Crippen MR) is 144 cm³/mol. The van der Waals surface area contributed by atoms with Crippen molar-refractivity contribution < 1.29 is 43.7 Å². The third-order valence-corrected chi connectivity index (χ3v) is 8.88. The van der Waals surface area contributed by atoms with E-state index in [-0.39, 0.29) is 24.0 Å². The number of hydrogen-bond acceptors (Lipinski definition) is 10. The van der Waals surface area contributed by atoms with Crippen LogP contribution in [0.1, 0.15) is 32.7 Å². The van der Waals surface area contributed by atoms with Crippen LogP contribution < -0.4 is 10.5 Å². The average molecular weight is 583 g/mol. The first-order chi connectivity index (χ1) is 19.2. The molecular formula is C29H27ClN2O9. The van der Waals surface area contributed by atoms with Crippen molar-refractivity contribution in [1.29, 1.82) is 0 Å². The molecule has 3 aliphatic carbocycles. The molecule has 0 heterocycles. The zero-order valence-corrected chi connectivity index (χ0v) is 23.1. The number of methoxy groups -OCH3 is 1. The molecule has 6 atom stereocenters. The Kier molecular flexibility index (Phi) is 6.88. The van der Waals surface area contributed by atoms with E-state index in [0.29, 0.717) is 22.4 Å². The Morgan fingerprint density at radius 3 is 2.34 bits per heavy atom. The Labute approximate surface area is 239 Å². The van der Waals surface area contributed by atoms with Crippen LogP contribution in [0.2, 0.25) is 0 Å². The van der Waals surface area contributed by atoms with E-state index in [1.807, 2.05) is 0 Å². The van der Waals surface area contributed by atoms with E-state index in [0.717, 1.165) is 0 Å². The van der Waals surface area contributed by atoms with Gasteiger partial charge in [-0.2, -0.15) is 0 Å². The van der Waals surface area contributed by atoms with Gasteiger partial charge in [0.05, 0.1) is 24.6 Å². The number of phenolic OH excluding ortho intramolecular Hbond substituents is 1. The van der Waals surface area contributed by atoms with Gasteiger partial charge in [-0.1, -0.05) is 6.07 Å². The lowest BCUT2D eigenvalue weighted by Gasteiger charge is -2.52. The molecule has 0 radical (unpaired) electrons. The number of primary amides is 1. The van der Waals surface area contributed by atoms with E-state index in [9.17, 15) is 39.0 Å². The molecule has 0 bridgehead atoms. The van der Waals surface area contributed by atoms with Crippen LogP contribution >= 0.6 is 11.6 Å². The van der Waals surface area contributed by atoms with E-state index in [1.54, 1.807) is 6.07 Å². The fourth-order valence-corrected chi connectivity index (χ4v) is 7.02. The minimum absolute atomic E-state index is 0.0533. The highest BCUT2D eigenvalue weighted by Gasteiger charge is 2.69. The zero-order chi connectivity index (χ0) is 30.1. The van der Waals surface area contributed by atoms with Crippen LogP contribution in [-0.2, 0) is 25.6 Å². The zero-order valence-electron chi connectivity index (χ0n) is 22.3. The number of carbonyl (C=O) groups excluding carboxylic acids is 6. The molecule has 0 saturated heterocycles. The lowest BCUT2D eigenvalue weighted by Crippen LogP contribution is -2.74. The molecule has 5 rings (SSSR count). The second kappa shape index (κ2) is 9.86. The number of aliphatic hydroxyl groups is 1. The maximum Gasteiger partial charge on any atom is 0.252 e. The quantitative estimate of drug-likeness (QED) is 0.339. The topological polar surface area (TPSA) is 181 Å². The molecule has 0 aromatic heterocycles. The van der Waals surface area contributed by atoms with E-state index in [4.69, 9.17) is 22.1 Å².